The Labute approximate surface area is 182 Å². The SMILES string of the molecule is CCCCCOc1ccc(Cn2c(O)c(N=Nc3ccccc3)c3ccccc32)cc1. The minimum Gasteiger partial charge on any atom is -0.494 e. The summed E-state index contributed by atoms with van der Waals surface area (Å²) in [5, 5.41) is 20.5. The largest absolute Gasteiger partial charge is 0.494 e. The molecule has 1 heterocycles. The van der Waals surface area contributed by atoms with Crippen molar-refractivity contribution in [2.75, 3.05) is 6.61 Å². The molecule has 0 aliphatic carbocycles. The van der Waals surface area contributed by atoms with Gasteiger partial charge in [0.15, 0.2) is 5.69 Å². The Morgan fingerprint density at radius 2 is 1.58 bits per heavy atom. The molecule has 1 N–H and O–H groups in total. The number of rotatable bonds is 9. The van der Waals surface area contributed by atoms with Gasteiger partial charge in [0, 0.05) is 5.39 Å². The lowest BCUT2D eigenvalue weighted by Gasteiger charge is -2.09. The third-order valence-electron chi connectivity index (χ3n) is 5.22. The molecule has 0 spiro atoms. The molecule has 0 fully saturated rings. The molecule has 0 saturated carbocycles. The van der Waals surface area contributed by atoms with E-state index >= 15 is 0 Å². The van der Waals surface area contributed by atoms with Crippen LogP contribution in [0.5, 0.6) is 11.6 Å². The van der Waals surface area contributed by atoms with Crippen LogP contribution in [0.1, 0.15) is 31.7 Å². The molecular weight excluding hydrogens is 386 g/mol. The minimum absolute atomic E-state index is 0.112. The first kappa shape index (κ1) is 20.7. The van der Waals surface area contributed by atoms with Gasteiger partial charge < -0.3 is 14.4 Å². The van der Waals surface area contributed by atoms with E-state index in [1.165, 1.54) is 12.8 Å². The average molecular weight is 414 g/mol. The van der Waals surface area contributed by atoms with Crippen molar-refractivity contribution in [1.82, 2.24) is 4.57 Å². The highest BCUT2D eigenvalue weighted by Crippen LogP contribution is 2.39. The number of unbranched alkanes of at least 4 members (excludes halogenated alkanes) is 2. The maximum atomic E-state index is 11.0. The number of aromatic hydroxyl groups is 1. The Balaban J connectivity index is 1.57. The number of benzene rings is 3. The predicted octanol–water partition coefficient (Wildman–Crippen LogP) is 7.38. The quantitative estimate of drug-likeness (QED) is 0.230. The molecular formula is C26H27N3O2. The smallest absolute Gasteiger partial charge is 0.221 e. The van der Waals surface area contributed by atoms with Gasteiger partial charge in [0.05, 0.1) is 24.4 Å². The molecule has 0 saturated heterocycles. The topological polar surface area (TPSA) is 59.1 Å². The molecule has 0 atom stereocenters. The van der Waals surface area contributed by atoms with Crippen molar-refractivity contribution in [2.45, 2.75) is 32.7 Å². The number of fused-ring (bicyclic) bond motifs is 1. The highest BCUT2D eigenvalue weighted by atomic mass is 16.5. The number of aromatic nitrogens is 1. The molecule has 3 aromatic carbocycles. The van der Waals surface area contributed by atoms with Crippen molar-refractivity contribution in [2.24, 2.45) is 10.2 Å². The van der Waals surface area contributed by atoms with Crippen LogP contribution in [0.3, 0.4) is 0 Å². The summed E-state index contributed by atoms with van der Waals surface area (Å²) in [6.07, 6.45) is 3.44. The molecule has 1 aromatic heterocycles. The maximum Gasteiger partial charge on any atom is 0.221 e. The number of hydrogen-bond acceptors (Lipinski definition) is 4. The third kappa shape index (κ3) is 4.94. The fourth-order valence-electron chi connectivity index (χ4n) is 3.55. The molecule has 158 valence electrons. The van der Waals surface area contributed by atoms with E-state index in [2.05, 4.69) is 17.2 Å². The van der Waals surface area contributed by atoms with Crippen molar-refractivity contribution in [3.8, 4) is 11.6 Å². The molecule has 0 radical (unpaired) electrons. The average Bonchev–Trinajstić information content (AvgIpc) is 3.08. The van der Waals surface area contributed by atoms with Crippen LogP contribution in [0.25, 0.3) is 10.9 Å². The summed E-state index contributed by atoms with van der Waals surface area (Å²) >= 11 is 0. The van der Waals surface area contributed by atoms with Gasteiger partial charge in [0.2, 0.25) is 5.88 Å². The van der Waals surface area contributed by atoms with Crippen molar-refractivity contribution in [1.29, 1.82) is 0 Å². The van der Waals surface area contributed by atoms with E-state index in [9.17, 15) is 5.11 Å². The molecule has 4 aromatic rings. The van der Waals surface area contributed by atoms with E-state index in [4.69, 9.17) is 4.74 Å². The zero-order valence-electron chi connectivity index (χ0n) is 17.7. The Morgan fingerprint density at radius 3 is 2.35 bits per heavy atom. The standard InChI is InChI=1S/C26H27N3O2/c1-2-3-9-18-31-22-16-14-20(15-17-22)19-29-24-13-8-7-12-23(24)25(26(29)30)28-27-21-10-5-4-6-11-21/h4-8,10-17,30H,2-3,9,18-19H2,1H3. The van der Waals surface area contributed by atoms with E-state index in [0.29, 0.717) is 12.2 Å². The van der Waals surface area contributed by atoms with Gasteiger partial charge in [0.25, 0.3) is 0 Å². The lowest BCUT2D eigenvalue weighted by molar-refractivity contribution is 0.306. The summed E-state index contributed by atoms with van der Waals surface area (Å²) in [5.74, 6) is 0.986. The number of para-hydroxylation sites is 1. The molecule has 5 heteroatoms. The normalized spacial score (nSPS) is 11.4. The number of hydrogen-bond donors (Lipinski definition) is 1. The van der Waals surface area contributed by atoms with E-state index in [1.54, 1.807) is 0 Å². The number of azo groups is 1. The number of ether oxygens (including phenoxy) is 1. The molecule has 5 nitrogen and oxygen atoms in total. The maximum absolute atomic E-state index is 11.0. The molecule has 0 bridgehead atoms. The van der Waals surface area contributed by atoms with Gasteiger partial charge in [-0.05, 0) is 42.3 Å². The van der Waals surface area contributed by atoms with Crippen molar-refractivity contribution >= 4 is 22.3 Å². The van der Waals surface area contributed by atoms with Crippen molar-refractivity contribution in [3.63, 3.8) is 0 Å². The van der Waals surface area contributed by atoms with E-state index in [1.807, 2.05) is 83.4 Å². The van der Waals surface area contributed by atoms with Gasteiger partial charge in [-0.25, -0.2) is 0 Å². The predicted molar refractivity (Wildman–Crippen MR) is 125 cm³/mol. The first-order valence-corrected chi connectivity index (χ1v) is 10.7. The van der Waals surface area contributed by atoms with Crippen LogP contribution in [0.2, 0.25) is 0 Å². The summed E-state index contributed by atoms with van der Waals surface area (Å²) in [5.41, 5.74) is 3.22. The fraction of sp³-hybridized carbons (Fsp3) is 0.231. The van der Waals surface area contributed by atoms with Gasteiger partial charge in [-0.1, -0.05) is 68.3 Å². The summed E-state index contributed by atoms with van der Waals surface area (Å²) in [6.45, 7) is 3.46. The molecule has 0 aliphatic rings. The van der Waals surface area contributed by atoms with Gasteiger partial charge in [-0.15, -0.1) is 5.11 Å². The van der Waals surface area contributed by atoms with Crippen molar-refractivity contribution < 1.29 is 9.84 Å². The second-order valence-corrected chi connectivity index (χ2v) is 7.51. The van der Waals surface area contributed by atoms with Crippen LogP contribution in [0.15, 0.2) is 89.1 Å². The van der Waals surface area contributed by atoms with Gasteiger partial charge in [-0.3, -0.25) is 0 Å². The van der Waals surface area contributed by atoms with Crippen LogP contribution < -0.4 is 4.74 Å². The van der Waals surface area contributed by atoms with Crippen LogP contribution >= 0.6 is 0 Å². The highest BCUT2D eigenvalue weighted by molar-refractivity contribution is 5.95. The summed E-state index contributed by atoms with van der Waals surface area (Å²) in [7, 11) is 0. The lowest BCUT2D eigenvalue weighted by atomic mass is 10.2. The van der Waals surface area contributed by atoms with Crippen LogP contribution in [-0.4, -0.2) is 16.3 Å². The van der Waals surface area contributed by atoms with Crippen LogP contribution in [-0.2, 0) is 6.54 Å². The number of nitrogens with zero attached hydrogens (tertiary/aromatic N) is 3. The van der Waals surface area contributed by atoms with E-state index in [-0.39, 0.29) is 5.88 Å². The van der Waals surface area contributed by atoms with Gasteiger partial charge in [-0.2, -0.15) is 5.11 Å². The lowest BCUT2D eigenvalue weighted by Crippen LogP contribution is -2.00. The first-order valence-electron chi connectivity index (χ1n) is 10.7. The molecule has 4 rings (SSSR count). The molecule has 31 heavy (non-hydrogen) atoms. The molecule has 0 amide bonds. The molecule has 0 unspecified atom stereocenters. The zero-order valence-corrected chi connectivity index (χ0v) is 17.7. The van der Waals surface area contributed by atoms with E-state index < -0.39 is 0 Å². The van der Waals surface area contributed by atoms with E-state index in [0.717, 1.165) is 40.9 Å². The second-order valence-electron chi connectivity index (χ2n) is 7.51. The monoisotopic (exact) mass is 413 g/mol. The molecule has 0 aliphatic heterocycles. The second kappa shape index (κ2) is 9.94. The third-order valence-corrected chi connectivity index (χ3v) is 5.22. The van der Waals surface area contributed by atoms with Crippen molar-refractivity contribution in [3.05, 3.63) is 84.4 Å². The Kier molecular flexibility index (Phi) is 6.62. The van der Waals surface area contributed by atoms with Gasteiger partial charge >= 0.3 is 0 Å². The Bertz CT molecular complexity index is 1150. The Hall–Kier alpha value is -3.60. The Morgan fingerprint density at radius 1 is 0.839 bits per heavy atom. The van der Waals surface area contributed by atoms with Crippen LogP contribution in [0, 0.1) is 0 Å². The highest BCUT2D eigenvalue weighted by Gasteiger charge is 2.16. The summed E-state index contributed by atoms with van der Waals surface area (Å²) < 4.78 is 7.67. The van der Waals surface area contributed by atoms with Crippen LogP contribution in [0.4, 0.5) is 11.4 Å². The summed E-state index contributed by atoms with van der Waals surface area (Å²) in [4.78, 5) is 0. The summed E-state index contributed by atoms with van der Waals surface area (Å²) in [6, 6.07) is 25.4. The van der Waals surface area contributed by atoms with Gasteiger partial charge in [0.1, 0.15) is 5.75 Å². The fourth-order valence-corrected chi connectivity index (χ4v) is 3.55. The first-order chi connectivity index (χ1) is 15.3. The zero-order chi connectivity index (χ0) is 21.5. The minimum atomic E-state index is 0.112.